The monoisotopic (exact) mass is 445 g/mol. The zero-order chi connectivity index (χ0) is 22.3. The molecule has 0 aliphatic rings. The number of aromatic nitrogens is 1. The lowest BCUT2D eigenvalue weighted by molar-refractivity contribution is -0.121. The average Bonchev–Trinajstić information content (AvgIpc) is 3.17. The summed E-state index contributed by atoms with van der Waals surface area (Å²) >= 11 is 0. The van der Waals surface area contributed by atoms with Gasteiger partial charge in [0.2, 0.25) is 11.8 Å². The van der Waals surface area contributed by atoms with Gasteiger partial charge in [-0.15, -0.1) is 0 Å². The van der Waals surface area contributed by atoms with Crippen LogP contribution in [0.15, 0.2) is 59.0 Å². The molecule has 9 heteroatoms. The largest absolute Gasteiger partial charge is 0.438 e. The molecule has 1 unspecified atom stereocenters. The van der Waals surface area contributed by atoms with Crippen molar-refractivity contribution in [2.75, 3.05) is 12.3 Å². The first-order valence-corrected chi connectivity index (χ1v) is 12.0. The van der Waals surface area contributed by atoms with E-state index in [-0.39, 0.29) is 11.6 Å². The third kappa shape index (κ3) is 6.88. The number of nitrogens with one attached hydrogen (secondary N) is 1. The zero-order valence-corrected chi connectivity index (χ0v) is 17.9. The molecule has 31 heavy (non-hydrogen) atoms. The van der Waals surface area contributed by atoms with E-state index in [2.05, 4.69) is 10.3 Å². The predicted molar refractivity (Wildman–Crippen MR) is 118 cm³/mol. The number of nitrogens with zero attached hydrogens (tertiary/aromatic N) is 1. The van der Waals surface area contributed by atoms with Gasteiger partial charge in [-0.3, -0.25) is 4.79 Å². The molecule has 3 rings (SSSR count). The molecule has 0 saturated carbocycles. The molecule has 0 radical (unpaired) electrons. The fourth-order valence-electron chi connectivity index (χ4n) is 3.20. The lowest BCUT2D eigenvalue weighted by atomic mass is 10.1. The molecule has 1 aromatic heterocycles. The summed E-state index contributed by atoms with van der Waals surface area (Å²) in [4.78, 5) is 16.4. The third-order valence-corrected chi connectivity index (χ3v) is 6.44. The van der Waals surface area contributed by atoms with Crippen molar-refractivity contribution in [1.82, 2.24) is 10.3 Å². The minimum Gasteiger partial charge on any atom is -0.438 e. The molecule has 0 saturated heterocycles. The van der Waals surface area contributed by atoms with Crippen LogP contribution in [0.4, 0.5) is 0 Å². The highest BCUT2D eigenvalue weighted by Gasteiger charge is 2.22. The number of hydrogen-bond donors (Lipinski definition) is 3. The molecule has 0 aliphatic heterocycles. The molecule has 0 spiro atoms. The quantitative estimate of drug-likeness (QED) is 0.385. The van der Waals surface area contributed by atoms with Crippen LogP contribution in [0.1, 0.15) is 36.8 Å². The van der Waals surface area contributed by atoms with Gasteiger partial charge in [0.05, 0.1) is 17.5 Å². The number of benzene rings is 2. The molecular weight excluding hydrogens is 418 g/mol. The highest BCUT2D eigenvalue weighted by molar-refractivity contribution is 7.90. The molecule has 4 N–H and O–H groups in total. The molecule has 2 atom stereocenters. The molecule has 0 bridgehead atoms. The minimum atomic E-state index is -3.50. The Balaban J connectivity index is 1.36. The van der Waals surface area contributed by atoms with Crippen LogP contribution in [-0.2, 0) is 20.4 Å². The molecule has 166 valence electrons. The number of para-hydroxylation sites is 2. The molecule has 0 aliphatic carbocycles. The highest BCUT2D eigenvalue weighted by Crippen LogP contribution is 2.23. The summed E-state index contributed by atoms with van der Waals surface area (Å²) in [6.45, 7) is 0.339. The summed E-state index contributed by atoms with van der Waals surface area (Å²) in [6.07, 6.45) is 0.836. The van der Waals surface area contributed by atoms with Crippen LogP contribution in [0.2, 0.25) is 0 Å². The fourth-order valence-corrected chi connectivity index (χ4v) is 4.71. The summed E-state index contributed by atoms with van der Waals surface area (Å²) in [6, 6.07) is 14.9. The Morgan fingerprint density at radius 1 is 1.10 bits per heavy atom. The Bertz CT molecular complexity index is 1070. The van der Waals surface area contributed by atoms with Crippen LogP contribution >= 0.6 is 0 Å². The first kappa shape index (κ1) is 22.9. The molecule has 2 aromatic carbocycles. The van der Waals surface area contributed by atoms with Crippen LogP contribution in [0.5, 0.6) is 0 Å². The number of oxazole rings is 1. The number of unbranched alkanes of at least 4 members (excludes halogenated alkanes) is 1. The van der Waals surface area contributed by atoms with E-state index in [1.807, 2.05) is 24.3 Å². The number of sulfone groups is 1. The first-order chi connectivity index (χ1) is 14.8. The molecular formula is C22H27N3O5S. The van der Waals surface area contributed by atoms with Crippen molar-refractivity contribution in [2.45, 2.75) is 37.2 Å². The molecule has 8 nitrogen and oxygen atoms in total. The topological polar surface area (TPSA) is 136 Å². The van der Waals surface area contributed by atoms with Crippen molar-refractivity contribution in [3.05, 3.63) is 66.1 Å². The molecule has 1 heterocycles. The Kier molecular flexibility index (Phi) is 7.78. The van der Waals surface area contributed by atoms with E-state index in [9.17, 15) is 18.3 Å². The normalized spacial score (nSPS) is 13.7. The predicted octanol–water partition coefficient (Wildman–Crippen LogP) is 2.09. The summed E-state index contributed by atoms with van der Waals surface area (Å²) in [5, 5.41) is 12.9. The molecule has 3 aromatic rings. The second-order valence-corrected chi connectivity index (χ2v) is 9.58. The Morgan fingerprint density at radius 3 is 2.55 bits per heavy atom. The zero-order valence-electron chi connectivity index (χ0n) is 17.1. The van der Waals surface area contributed by atoms with Gasteiger partial charge in [0.25, 0.3) is 0 Å². The summed E-state index contributed by atoms with van der Waals surface area (Å²) in [7, 11) is -3.50. The van der Waals surface area contributed by atoms with E-state index in [4.69, 9.17) is 10.2 Å². The number of amides is 1. The summed E-state index contributed by atoms with van der Waals surface area (Å²) in [5.74, 6) is -0.792. The Hall–Kier alpha value is -2.75. The average molecular weight is 446 g/mol. The van der Waals surface area contributed by atoms with Crippen molar-refractivity contribution in [3.63, 3.8) is 0 Å². The fraction of sp³-hybridized carbons (Fsp3) is 0.364. The summed E-state index contributed by atoms with van der Waals surface area (Å²) < 4.78 is 30.1. The van der Waals surface area contributed by atoms with Crippen molar-refractivity contribution < 1.29 is 22.7 Å². The van der Waals surface area contributed by atoms with Crippen LogP contribution in [0.3, 0.4) is 0 Å². The third-order valence-electron chi connectivity index (χ3n) is 4.80. The van der Waals surface area contributed by atoms with Crippen LogP contribution < -0.4 is 11.1 Å². The van der Waals surface area contributed by atoms with E-state index in [1.54, 1.807) is 30.3 Å². The second kappa shape index (κ2) is 10.5. The van der Waals surface area contributed by atoms with Gasteiger partial charge in [0, 0.05) is 6.54 Å². The maximum absolute atomic E-state index is 12.3. The van der Waals surface area contributed by atoms with Gasteiger partial charge in [-0.2, -0.15) is 0 Å². The van der Waals surface area contributed by atoms with Crippen molar-refractivity contribution >= 4 is 26.8 Å². The Labute approximate surface area is 181 Å². The van der Waals surface area contributed by atoms with Crippen molar-refractivity contribution in [3.8, 4) is 0 Å². The minimum absolute atomic E-state index is 0.150. The van der Waals surface area contributed by atoms with Gasteiger partial charge < -0.3 is 20.6 Å². The number of aliphatic hydroxyl groups is 1. The maximum atomic E-state index is 12.3. The smallest absolute Gasteiger partial charge is 0.237 e. The first-order valence-electron chi connectivity index (χ1n) is 10.2. The van der Waals surface area contributed by atoms with Gasteiger partial charge in [0.15, 0.2) is 15.4 Å². The van der Waals surface area contributed by atoms with Crippen LogP contribution in [0.25, 0.3) is 11.1 Å². The number of carbonyl (C=O) groups is 1. The van der Waals surface area contributed by atoms with Gasteiger partial charge in [-0.05, 0) is 37.0 Å². The standard InChI is InChI=1S/C22H27N3O5S/c23-17(15-31(28,29)14-16-8-2-1-3-9-16)21(27)24-13-7-6-11-19(26)22-25-18-10-4-5-12-20(18)30-22/h1-5,8-10,12,17,19,26H,6-7,11,13-15,23H2,(H,24,27)/t17-,19?/m0/s1. The number of nitrogens with two attached hydrogens (primary N) is 1. The Morgan fingerprint density at radius 2 is 1.81 bits per heavy atom. The summed E-state index contributed by atoms with van der Waals surface area (Å²) in [5.41, 5.74) is 7.76. The SMILES string of the molecule is N[C@@H](CS(=O)(=O)Cc1ccccc1)C(=O)NCCCCC(O)c1nc2ccccc2o1. The van der Waals surface area contributed by atoms with Gasteiger partial charge in [-0.1, -0.05) is 42.5 Å². The van der Waals surface area contributed by atoms with E-state index >= 15 is 0 Å². The van der Waals surface area contributed by atoms with Gasteiger partial charge in [-0.25, -0.2) is 13.4 Å². The maximum Gasteiger partial charge on any atom is 0.237 e. The number of rotatable bonds is 11. The lowest BCUT2D eigenvalue weighted by Crippen LogP contribution is -2.45. The van der Waals surface area contributed by atoms with E-state index in [0.29, 0.717) is 42.5 Å². The lowest BCUT2D eigenvalue weighted by Gasteiger charge is -2.13. The van der Waals surface area contributed by atoms with E-state index in [1.165, 1.54) is 0 Å². The highest BCUT2D eigenvalue weighted by atomic mass is 32.2. The van der Waals surface area contributed by atoms with Crippen LogP contribution in [0, 0.1) is 0 Å². The van der Waals surface area contributed by atoms with Crippen molar-refractivity contribution in [2.24, 2.45) is 5.73 Å². The number of fused-ring (bicyclic) bond motifs is 1. The number of hydrogen-bond acceptors (Lipinski definition) is 7. The van der Waals surface area contributed by atoms with E-state index in [0.717, 1.165) is 0 Å². The second-order valence-electron chi connectivity index (χ2n) is 7.47. The van der Waals surface area contributed by atoms with Crippen molar-refractivity contribution in [1.29, 1.82) is 0 Å². The van der Waals surface area contributed by atoms with E-state index < -0.39 is 33.6 Å². The van der Waals surface area contributed by atoms with Gasteiger partial charge >= 0.3 is 0 Å². The number of carbonyl (C=O) groups excluding carboxylic acids is 1. The molecule has 0 fully saturated rings. The van der Waals surface area contributed by atoms with Gasteiger partial charge in [0.1, 0.15) is 11.6 Å². The number of aliphatic hydroxyl groups excluding tert-OH is 1. The van der Waals surface area contributed by atoms with Crippen LogP contribution in [-0.4, -0.2) is 42.8 Å². The molecule has 1 amide bonds.